The molecule has 0 unspecified atom stereocenters. The first-order valence-electron chi connectivity index (χ1n) is 10.3. The lowest BCUT2D eigenvalue weighted by molar-refractivity contribution is 0.0286. The minimum absolute atomic E-state index is 0.181. The number of fused-ring (bicyclic) bond motifs is 3. The summed E-state index contributed by atoms with van der Waals surface area (Å²) in [5.41, 5.74) is 3.56. The number of amides is 1. The van der Waals surface area contributed by atoms with Gasteiger partial charge >= 0.3 is 6.09 Å². The maximum atomic E-state index is 12.6. The molecule has 0 radical (unpaired) electrons. The van der Waals surface area contributed by atoms with Gasteiger partial charge in [0.1, 0.15) is 5.60 Å². The van der Waals surface area contributed by atoms with Crippen molar-refractivity contribution in [3.05, 3.63) is 65.7 Å². The summed E-state index contributed by atoms with van der Waals surface area (Å²) in [7, 11) is 0. The predicted molar refractivity (Wildman–Crippen MR) is 113 cm³/mol. The van der Waals surface area contributed by atoms with Crippen LogP contribution < -0.4 is 4.90 Å². The highest BCUT2D eigenvalue weighted by Gasteiger charge is 2.40. The molecule has 28 heavy (non-hydrogen) atoms. The summed E-state index contributed by atoms with van der Waals surface area (Å²) in [5, 5.41) is 0. The molecule has 4 rings (SSSR count). The molecule has 2 atom stereocenters. The Morgan fingerprint density at radius 3 is 2.50 bits per heavy atom. The van der Waals surface area contributed by atoms with Gasteiger partial charge in [-0.3, -0.25) is 0 Å². The number of para-hydroxylation sites is 1. The van der Waals surface area contributed by atoms with Crippen LogP contribution in [0.15, 0.2) is 54.6 Å². The van der Waals surface area contributed by atoms with Crippen LogP contribution in [0, 0.1) is 5.92 Å². The minimum atomic E-state index is -0.452. The zero-order valence-electron chi connectivity index (χ0n) is 17.1. The number of benzene rings is 2. The van der Waals surface area contributed by atoms with E-state index in [1.165, 1.54) is 16.8 Å². The highest BCUT2D eigenvalue weighted by molar-refractivity contribution is 5.69. The van der Waals surface area contributed by atoms with Crippen LogP contribution in [-0.4, -0.2) is 36.2 Å². The number of carbonyl (C=O) groups is 1. The molecule has 4 nitrogen and oxygen atoms in total. The van der Waals surface area contributed by atoms with Gasteiger partial charge in [0.25, 0.3) is 0 Å². The van der Waals surface area contributed by atoms with Gasteiger partial charge in [0.15, 0.2) is 0 Å². The van der Waals surface area contributed by atoms with Crippen molar-refractivity contribution in [3.8, 4) is 0 Å². The molecule has 0 bridgehead atoms. The summed E-state index contributed by atoms with van der Waals surface area (Å²) in [6, 6.07) is 19.4. The van der Waals surface area contributed by atoms with Gasteiger partial charge in [0, 0.05) is 37.8 Å². The second kappa shape index (κ2) is 7.50. The molecule has 2 aromatic carbocycles. The highest BCUT2D eigenvalue weighted by atomic mass is 16.6. The molecule has 0 spiro atoms. The van der Waals surface area contributed by atoms with Crippen molar-refractivity contribution in [1.29, 1.82) is 0 Å². The molecular weight excluding hydrogens is 348 g/mol. The summed E-state index contributed by atoms with van der Waals surface area (Å²) in [5.74, 6) is 0.860. The van der Waals surface area contributed by atoms with Gasteiger partial charge < -0.3 is 14.5 Å². The van der Waals surface area contributed by atoms with Crippen molar-refractivity contribution in [2.45, 2.75) is 45.3 Å². The molecule has 4 heteroatoms. The smallest absolute Gasteiger partial charge is 0.410 e. The second-order valence-electron chi connectivity index (χ2n) is 9.01. The van der Waals surface area contributed by atoms with Crippen LogP contribution in [0.1, 0.15) is 44.2 Å². The summed E-state index contributed by atoms with van der Waals surface area (Å²) in [6.45, 7) is 9.24. The van der Waals surface area contributed by atoms with E-state index in [-0.39, 0.29) is 6.09 Å². The first kappa shape index (κ1) is 18.9. The largest absolute Gasteiger partial charge is 0.444 e. The molecule has 0 aliphatic carbocycles. The fraction of sp³-hybridized carbons (Fsp3) is 0.458. The summed E-state index contributed by atoms with van der Waals surface area (Å²) in [6.07, 6.45) is 0.907. The number of nitrogens with zero attached hydrogens (tertiary/aromatic N) is 2. The molecule has 1 fully saturated rings. The van der Waals surface area contributed by atoms with Crippen LogP contribution in [0.2, 0.25) is 0 Å². The first-order valence-corrected chi connectivity index (χ1v) is 10.3. The van der Waals surface area contributed by atoms with Crippen LogP contribution in [0.3, 0.4) is 0 Å². The van der Waals surface area contributed by atoms with Gasteiger partial charge in [-0.2, -0.15) is 0 Å². The zero-order valence-corrected chi connectivity index (χ0v) is 17.1. The molecule has 2 heterocycles. The Morgan fingerprint density at radius 1 is 1.04 bits per heavy atom. The summed E-state index contributed by atoms with van der Waals surface area (Å²) < 4.78 is 5.62. The molecule has 0 N–H and O–H groups in total. The van der Waals surface area contributed by atoms with Crippen LogP contribution in [0.25, 0.3) is 0 Å². The van der Waals surface area contributed by atoms with Crippen molar-refractivity contribution in [2.24, 2.45) is 5.92 Å². The number of anilines is 1. The van der Waals surface area contributed by atoms with E-state index in [2.05, 4.69) is 59.5 Å². The standard InChI is InChI=1S/C24H30N2O2/c1-24(2,3)28-23(27)26-16-19-13-14-25(15-18-9-5-4-6-10-18)22-12-8-7-11-20(22)21(19)17-26/h4-12,19,21H,13-17H2,1-3H3/t19-,21-/m1/s1. The predicted octanol–water partition coefficient (Wildman–Crippen LogP) is 5.05. The van der Waals surface area contributed by atoms with Crippen molar-refractivity contribution < 1.29 is 9.53 Å². The van der Waals surface area contributed by atoms with E-state index in [1.54, 1.807) is 0 Å². The van der Waals surface area contributed by atoms with Crippen molar-refractivity contribution in [3.63, 3.8) is 0 Å². The molecule has 2 aromatic rings. The first-order chi connectivity index (χ1) is 13.4. The summed E-state index contributed by atoms with van der Waals surface area (Å²) in [4.78, 5) is 17.0. The third-order valence-corrected chi connectivity index (χ3v) is 5.76. The molecule has 1 amide bonds. The maximum Gasteiger partial charge on any atom is 0.410 e. The number of rotatable bonds is 2. The van der Waals surface area contributed by atoms with Gasteiger partial charge in [-0.15, -0.1) is 0 Å². The monoisotopic (exact) mass is 378 g/mol. The molecule has 2 aliphatic rings. The number of ether oxygens (including phenoxy) is 1. The lowest BCUT2D eigenvalue weighted by Gasteiger charge is -2.27. The lowest BCUT2D eigenvalue weighted by atomic mass is 9.87. The van der Waals surface area contributed by atoms with E-state index < -0.39 is 5.60 Å². The van der Waals surface area contributed by atoms with Crippen molar-refractivity contribution in [1.82, 2.24) is 4.90 Å². The molecule has 148 valence electrons. The second-order valence-corrected chi connectivity index (χ2v) is 9.01. The Hall–Kier alpha value is -2.49. The van der Waals surface area contributed by atoms with Gasteiger partial charge in [-0.25, -0.2) is 4.79 Å². The third kappa shape index (κ3) is 4.01. The fourth-order valence-electron chi connectivity index (χ4n) is 4.49. The molecule has 0 saturated carbocycles. The van der Waals surface area contributed by atoms with Gasteiger partial charge in [0.2, 0.25) is 0 Å². The van der Waals surface area contributed by atoms with Crippen LogP contribution >= 0.6 is 0 Å². The number of carbonyl (C=O) groups excluding carboxylic acids is 1. The minimum Gasteiger partial charge on any atom is -0.444 e. The lowest BCUT2D eigenvalue weighted by Crippen LogP contribution is -2.36. The average Bonchev–Trinajstić information content (AvgIpc) is 3.03. The Bertz CT molecular complexity index is 828. The van der Waals surface area contributed by atoms with E-state index in [1.807, 2.05) is 25.7 Å². The van der Waals surface area contributed by atoms with Gasteiger partial charge in [0.05, 0.1) is 0 Å². The van der Waals surface area contributed by atoms with Crippen LogP contribution in [0.4, 0.5) is 10.5 Å². The SMILES string of the molecule is CC(C)(C)OC(=O)N1C[C@H]2CCN(Cc3ccccc3)c3ccccc3[C@@H]2C1. The van der Waals surface area contributed by atoms with E-state index in [4.69, 9.17) is 4.74 Å². The number of likely N-dealkylation sites (tertiary alicyclic amines) is 1. The molecular formula is C24H30N2O2. The Kier molecular flexibility index (Phi) is 5.05. The average molecular weight is 379 g/mol. The normalized spacial score (nSPS) is 21.7. The maximum absolute atomic E-state index is 12.6. The number of hydrogen-bond donors (Lipinski definition) is 0. The van der Waals surface area contributed by atoms with Gasteiger partial charge in [-0.1, -0.05) is 48.5 Å². The van der Waals surface area contributed by atoms with E-state index in [0.717, 1.165) is 32.6 Å². The molecule has 2 aliphatic heterocycles. The third-order valence-electron chi connectivity index (χ3n) is 5.76. The van der Waals surface area contributed by atoms with Gasteiger partial charge in [-0.05, 0) is 50.3 Å². The highest BCUT2D eigenvalue weighted by Crippen LogP contribution is 2.42. The van der Waals surface area contributed by atoms with Crippen molar-refractivity contribution >= 4 is 11.8 Å². The van der Waals surface area contributed by atoms with Crippen LogP contribution in [0.5, 0.6) is 0 Å². The number of hydrogen-bond acceptors (Lipinski definition) is 3. The zero-order chi connectivity index (χ0) is 19.7. The van der Waals surface area contributed by atoms with E-state index >= 15 is 0 Å². The quantitative estimate of drug-likeness (QED) is 0.733. The van der Waals surface area contributed by atoms with Crippen molar-refractivity contribution in [2.75, 3.05) is 24.5 Å². The Labute approximate surface area is 168 Å². The Balaban J connectivity index is 1.56. The van der Waals surface area contributed by atoms with E-state index in [9.17, 15) is 4.79 Å². The molecule has 0 aromatic heterocycles. The summed E-state index contributed by atoms with van der Waals surface area (Å²) >= 11 is 0. The Morgan fingerprint density at radius 2 is 1.75 bits per heavy atom. The van der Waals surface area contributed by atoms with Crippen LogP contribution in [-0.2, 0) is 11.3 Å². The van der Waals surface area contributed by atoms with E-state index in [0.29, 0.717) is 11.8 Å². The topological polar surface area (TPSA) is 32.8 Å². The molecule has 1 saturated heterocycles. The fourth-order valence-corrected chi connectivity index (χ4v) is 4.49.